The number of ether oxygens (including phenoxy) is 2. The molecule has 112 valence electrons. The zero-order chi connectivity index (χ0) is 15.4. The van der Waals surface area contributed by atoms with Crippen molar-refractivity contribution in [2.45, 2.75) is 12.5 Å². The lowest BCUT2D eigenvalue weighted by molar-refractivity contribution is 0.172. The van der Waals surface area contributed by atoms with Gasteiger partial charge in [0.1, 0.15) is 11.5 Å². The first kappa shape index (κ1) is 16.1. The molecule has 2 aromatic rings. The first-order chi connectivity index (χ1) is 10.1. The number of aliphatic hydroxyl groups excluding tert-OH is 1. The van der Waals surface area contributed by atoms with Crippen molar-refractivity contribution < 1.29 is 14.6 Å². The third-order valence-corrected chi connectivity index (χ3v) is 4.01. The van der Waals surface area contributed by atoms with E-state index in [1.54, 1.807) is 26.4 Å². The number of hydrogen-bond donors (Lipinski definition) is 1. The molecule has 0 aliphatic rings. The van der Waals surface area contributed by atoms with E-state index in [-0.39, 0.29) is 0 Å². The van der Waals surface area contributed by atoms with Gasteiger partial charge in [0.15, 0.2) is 0 Å². The number of benzene rings is 2. The Hall–Kier alpha value is -1.23. The van der Waals surface area contributed by atoms with E-state index in [4.69, 9.17) is 21.1 Å². The Morgan fingerprint density at radius 2 is 1.90 bits per heavy atom. The van der Waals surface area contributed by atoms with Gasteiger partial charge in [-0.2, -0.15) is 0 Å². The van der Waals surface area contributed by atoms with Crippen LogP contribution in [0.3, 0.4) is 0 Å². The zero-order valence-electron chi connectivity index (χ0n) is 11.8. The zero-order valence-corrected chi connectivity index (χ0v) is 14.1. The number of para-hydroxylation sites is 1. The van der Waals surface area contributed by atoms with Gasteiger partial charge in [-0.1, -0.05) is 29.8 Å². The van der Waals surface area contributed by atoms with Crippen molar-refractivity contribution >= 4 is 27.5 Å². The average molecular weight is 372 g/mol. The fourth-order valence-corrected chi connectivity index (χ4v) is 3.23. The molecule has 1 unspecified atom stereocenters. The van der Waals surface area contributed by atoms with Crippen LogP contribution in [0.2, 0.25) is 5.02 Å². The van der Waals surface area contributed by atoms with E-state index in [9.17, 15) is 5.11 Å². The van der Waals surface area contributed by atoms with Crippen molar-refractivity contribution in [1.82, 2.24) is 0 Å². The summed E-state index contributed by atoms with van der Waals surface area (Å²) in [4.78, 5) is 0. The molecule has 0 aliphatic carbocycles. The molecule has 21 heavy (non-hydrogen) atoms. The molecule has 0 bridgehead atoms. The van der Waals surface area contributed by atoms with Crippen molar-refractivity contribution in [3.63, 3.8) is 0 Å². The van der Waals surface area contributed by atoms with Crippen LogP contribution in [0, 0.1) is 0 Å². The van der Waals surface area contributed by atoms with Gasteiger partial charge in [-0.15, -0.1) is 0 Å². The molecule has 2 aromatic carbocycles. The van der Waals surface area contributed by atoms with Crippen molar-refractivity contribution in [3.05, 3.63) is 57.0 Å². The number of methoxy groups -OCH3 is 2. The lowest BCUT2D eigenvalue weighted by Crippen LogP contribution is -2.06. The number of aliphatic hydroxyl groups is 1. The average Bonchev–Trinajstić information content (AvgIpc) is 2.47. The topological polar surface area (TPSA) is 38.7 Å². The second-order valence-corrected chi connectivity index (χ2v) is 5.83. The molecule has 0 saturated carbocycles. The summed E-state index contributed by atoms with van der Waals surface area (Å²) in [6.45, 7) is 0. The van der Waals surface area contributed by atoms with Crippen LogP contribution in [0.4, 0.5) is 0 Å². The van der Waals surface area contributed by atoms with Crippen molar-refractivity contribution in [2.24, 2.45) is 0 Å². The molecule has 0 heterocycles. The summed E-state index contributed by atoms with van der Waals surface area (Å²) in [6, 6.07) is 11.0. The molecule has 0 aromatic heterocycles. The SMILES string of the molecule is COc1ccccc1CC(O)c1cc(Cl)cc(Br)c1OC. The summed E-state index contributed by atoms with van der Waals surface area (Å²) in [5, 5.41) is 11.1. The largest absolute Gasteiger partial charge is 0.496 e. The van der Waals surface area contributed by atoms with Crippen molar-refractivity contribution in [1.29, 1.82) is 0 Å². The van der Waals surface area contributed by atoms with Crippen LogP contribution >= 0.6 is 27.5 Å². The molecule has 0 amide bonds. The first-order valence-corrected chi connectivity index (χ1v) is 7.56. The van der Waals surface area contributed by atoms with Gasteiger partial charge in [-0.3, -0.25) is 0 Å². The summed E-state index contributed by atoms with van der Waals surface area (Å²) in [6.07, 6.45) is -0.334. The van der Waals surface area contributed by atoms with Gasteiger partial charge in [-0.05, 0) is 39.7 Å². The number of rotatable bonds is 5. The van der Waals surface area contributed by atoms with E-state index >= 15 is 0 Å². The molecule has 2 rings (SSSR count). The summed E-state index contributed by atoms with van der Waals surface area (Å²) in [7, 11) is 3.18. The third-order valence-electron chi connectivity index (χ3n) is 3.21. The van der Waals surface area contributed by atoms with Gasteiger partial charge in [0.2, 0.25) is 0 Å². The molecular weight excluding hydrogens is 356 g/mol. The molecule has 0 fully saturated rings. The fraction of sp³-hybridized carbons (Fsp3) is 0.250. The van der Waals surface area contributed by atoms with E-state index in [0.717, 1.165) is 11.3 Å². The minimum absolute atomic E-state index is 0.410. The second-order valence-electron chi connectivity index (χ2n) is 4.54. The highest BCUT2D eigenvalue weighted by Gasteiger charge is 2.19. The van der Waals surface area contributed by atoms with Gasteiger partial charge >= 0.3 is 0 Å². The Balaban J connectivity index is 2.34. The molecule has 0 saturated heterocycles. The Morgan fingerprint density at radius 3 is 2.57 bits per heavy atom. The predicted octanol–water partition coefficient (Wildman–Crippen LogP) is 4.40. The Morgan fingerprint density at radius 1 is 1.19 bits per heavy atom. The van der Waals surface area contributed by atoms with Crippen molar-refractivity contribution in [2.75, 3.05) is 14.2 Å². The fourth-order valence-electron chi connectivity index (χ4n) is 2.23. The first-order valence-electron chi connectivity index (χ1n) is 6.39. The Bertz CT molecular complexity index is 631. The van der Waals surface area contributed by atoms with E-state index in [1.165, 1.54) is 0 Å². The van der Waals surface area contributed by atoms with E-state index in [0.29, 0.717) is 27.2 Å². The summed E-state index contributed by atoms with van der Waals surface area (Å²) in [5.41, 5.74) is 1.56. The highest BCUT2D eigenvalue weighted by Crippen LogP contribution is 2.37. The highest BCUT2D eigenvalue weighted by atomic mass is 79.9. The second kappa shape index (κ2) is 7.16. The number of halogens is 2. The molecule has 0 aliphatic heterocycles. The number of hydrogen-bond acceptors (Lipinski definition) is 3. The lowest BCUT2D eigenvalue weighted by atomic mass is 10.00. The Kier molecular flexibility index (Phi) is 5.51. The van der Waals surface area contributed by atoms with Crippen LogP contribution in [0.1, 0.15) is 17.2 Å². The third kappa shape index (κ3) is 3.70. The standard InChI is InChI=1S/C16H16BrClO3/c1-20-15-6-4-3-5-10(15)7-14(19)12-8-11(18)9-13(17)16(12)21-2/h3-6,8-9,14,19H,7H2,1-2H3. The quantitative estimate of drug-likeness (QED) is 0.847. The minimum atomic E-state index is -0.744. The molecule has 3 nitrogen and oxygen atoms in total. The normalized spacial score (nSPS) is 12.0. The van der Waals surface area contributed by atoms with Gasteiger partial charge in [0, 0.05) is 17.0 Å². The van der Waals surface area contributed by atoms with Crippen LogP contribution in [0.25, 0.3) is 0 Å². The molecule has 5 heteroatoms. The molecule has 0 radical (unpaired) electrons. The van der Waals surface area contributed by atoms with Crippen LogP contribution in [-0.4, -0.2) is 19.3 Å². The van der Waals surface area contributed by atoms with E-state index in [1.807, 2.05) is 24.3 Å². The maximum absolute atomic E-state index is 10.5. The maximum Gasteiger partial charge on any atom is 0.138 e. The summed E-state index contributed by atoms with van der Waals surface area (Å²) in [5.74, 6) is 1.33. The molecular formula is C16H16BrClO3. The highest BCUT2D eigenvalue weighted by molar-refractivity contribution is 9.10. The maximum atomic E-state index is 10.5. The molecule has 1 atom stereocenters. The van der Waals surface area contributed by atoms with E-state index in [2.05, 4.69) is 15.9 Å². The summed E-state index contributed by atoms with van der Waals surface area (Å²) >= 11 is 9.46. The Labute approximate surface area is 137 Å². The van der Waals surface area contributed by atoms with Crippen LogP contribution in [0.15, 0.2) is 40.9 Å². The molecule has 0 spiro atoms. The monoisotopic (exact) mass is 370 g/mol. The van der Waals surface area contributed by atoms with Gasteiger partial charge in [0.25, 0.3) is 0 Å². The van der Waals surface area contributed by atoms with Gasteiger partial charge in [-0.25, -0.2) is 0 Å². The van der Waals surface area contributed by atoms with Crippen LogP contribution in [0.5, 0.6) is 11.5 Å². The minimum Gasteiger partial charge on any atom is -0.496 e. The van der Waals surface area contributed by atoms with Crippen LogP contribution in [-0.2, 0) is 6.42 Å². The molecule has 1 N–H and O–H groups in total. The van der Waals surface area contributed by atoms with E-state index < -0.39 is 6.10 Å². The van der Waals surface area contributed by atoms with Crippen molar-refractivity contribution in [3.8, 4) is 11.5 Å². The smallest absolute Gasteiger partial charge is 0.138 e. The summed E-state index contributed by atoms with van der Waals surface area (Å²) < 4.78 is 11.4. The van der Waals surface area contributed by atoms with Crippen LogP contribution < -0.4 is 9.47 Å². The lowest BCUT2D eigenvalue weighted by Gasteiger charge is -2.18. The predicted molar refractivity (Wildman–Crippen MR) is 87.4 cm³/mol. The van der Waals surface area contributed by atoms with Gasteiger partial charge < -0.3 is 14.6 Å². The van der Waals surface area contributed by atoms with Gasteiger partial charge in [0.05, 0.1) is 24.8 Å².